The fraction of sp³-hybridized carbons (Fsp3) is 0. The van der Waals surface area contributed by atoms with Crippen molar-refractivity contribution in [2.45, 2.75) is 4.90 Å². The van der Waals surface area contributed by atoms with Gasteiger partial charge in [0.15, 0.2) is 17.3 Å². The van der Waals surface area contributed by atoms with Gasteiger partial charge < -0.3 is 14.4 Å². The van der Waals surface area contributed by atoms with Gasteiger partial charge in [-0.25, -0.2) is 4.39 Å². The van der Waals surface area contributed by atoms with Crippen molar-refractivity contribution in [1.82, 2.24) is 0 Å². The van der Waals surface area contributed by atoms with Crippen LogP contribution in [0.5, 0.6) is 17.2 Å². The predicted octanol–water partition coefficient (Wildman–Crippen LogP) is 3.90. The molecular weight excluding hydrogens is 399 g/mol. The zero-order chi connectivity index (χ0) is 21.0. The summed E-state index contributed by atoms with van der Waals surface area (Å²) in [5.41, 5.74) is 0.787. The molecule has 148 valence electrons. The summed E-state index contributed by atoms with van der Waals surface area (Å²) in [5.74, 6) is -1.67. The van der Waals surface area contributed by atoms with Crippen LogP contribution in [-0.4, -0.2) is 24.4 Å². The van der Waals surface area contributed by atoms with Crippen LogP contribution in [0.25, 0.3) is 6.08 Å². The van der Waals surface area contributed by atoms with Crippen LogP contribution >= 0.6 is 0 Å². The van der Waals surface area contributed by atoms with Crippen molar-refractivity contribution in [2.24, 2.45) is 0 Å². The standard InChI is InChI=1S/C21H15FO6S/c22-16-2-1-3-18(13-16)29(26,27)28-17-8-6-15(7-9-17)19(23)10-4-14-5-11-20(24)21(25)12-14/h1-13,24-25H. The molecule has 0 atom stereocenters. The zero-order valence-electron chi connectivity index (χ0n) is 14.8. The van der Waals surface area contributed by atoms with E-state index in [1.807, 2.05) is 0 Å². The fourth-order valence-corrected chi connectivity index (χ4v) is 3.35. The molecule has 0 unspecified atom stereocenters. The van der Waals surface area contributed by atoms with E-state index in [4.69, 9.17) is 4.18 Å². The summed E-state index contributed by atoms with van der Waals surface area (Å²) in [6.45, 7) is 0. The molecule has 3 aromatic carbocycles. The van der Waals surface area contributed by atoms with Crippen molar-refractivity contribution < 1.29 is 32.0 Å². The minimum absolute atomic E-state index is 0.0294. The van der Waals surface area contributed by atoms with Gasteiger partial charge in [0.2, 0.25) is 0 Å². The van der Waals surface area contributed by atoms with Crippen molar-refractivity contribution in [3.63, 3.8) is 0 Å². The summed E-state index contributed by atoms with van der Waals surface area (Å²) in [6.07, 6.45) is 2.73. The van der Waals surface area contributed by atoms with Gasteiger partial charge in [-0.3, -0.25) is 4.79 Å². The van der Waals surface area contributed by atoms with Crippen molar-refractivity contribution in [3.05, 3.63) is 89.8 Å². The number of carbonyl (C=O) groups is 1. The number of benzene rings is 3. The third-order valence-electron chi connectivity index (χ3n) is 3.86. The van der Waals surface area contributed by atoms with Gasteiger partial charge in [0.25, 0.3) is 0 Å². The van der Waals surface area contributed by atoms with E-state index in [0.717, 1.165) is 12.1 Å². The van der Waals surface area contributed by atoms with E-state index in [0.29, 0.717) is 5.56 Å². The molecule has 0 amide bonds. The van der Waals surface area contributed by atoms with E-state index in [1.165, 1.54) is 66.7 Å². The average Bonchev–Trinajstić information content (AvgIpc) is 2.69. The maximum absolute atomic E-state index is 13.2. The third-order valence-corrected chi connectivity index (χ3v) is 5.10. The monoisotopic (exact) mass is 414 g/mol. The number of phenolic OH excluding ortho intramolecular Hbond substituents is 2. The molecule has 29 heavy (non-hydrogen) atoms. The molecule has 0 bridgehead atoms. The highest BCUT2D eigenvalue weighted by Crippen LogP contribution is 2.25. The van der Waals surface area contributed by atoms with E-state index in [9.17, 15) is 27.8 Å². The summed E-state index contributed by atoms with van der Waals surface area (Å²) in [4.78, 5) is 11.9. The van der Waals surface area contributed by atoms with Gasteiger partial charge in [0.05, 0.1) is 0 Å². The van der Waals surface area contributed by atoms with E-state index in [1.54, 1.807) is 0 Å². The number of phenols is 2. The first kappa shape index (κ1) is 20.1. The van der Waals surface area contributed by atoms with E-state index in [2.05, 4.69) is 0 Å². The Morgan fingerprint density at radius 3 is 2.31 bits per heavy atom. The highest BCUT2D eigenvalue weighted by Gasteiger charge is 2.17. The molecule has 3 aromatic rings. The minimum Gasteiger partial charge on any atom is -0.504 e. The smallest absolute Gasteiger partial charge is 0.339 e. The number of carbonyl (C=O) groups excluding carboxylic acids is 1. The SMILES string of the molecule is O=C(C=Cc1ccc(O)c(O)c1)c1ccc(OS(=O)(=O)c2cccc(F)c2)cc1. The van der Waals surface area contributed by atoms with Crippen molar-refractivity contribution in [1.29, 1.82) is 0 Å². The Bertz CT molecular complexity index is 1180. The molecule has 0 heterocycles. The summed E-state index contributed by atoms with van der Waals surface area (Å²) >= 11 is 0. The highest BCUT2D eigenvalue weighted by molar-refractivity contribution is 7.87. The molecule has 0 spiro atoms. The van der Waals surface area contributed by atoms with E-state index >= 15 is 0 Å². The maximum Gasteiger partial charge on any atom is 0.339 e. The number of halogens is 1. The van der Waals surface area contributed by atoms with Crippen LogP contribution in [0, 0.1) is 5.82 Å². The largest absolute Gasteiger partial charge is 0.504 e. The van der Waals surface area contributed by atoms with Crippen LogP contribution in [0.15, 0.2) is 77.7 Å². The van der Waals surface area contributed by atoms with Crippen LogP contribution in [0.2, 0.25) is 0 Å². The highest BCUT2D eigenvalue weighted by atomic mass is 32.2. The van der Waals surface area contributed by atoms with Crippen LogP contribution in [0.1, 0.15) is 15.9 Å². The molecule has 0 aliphatic rings. The topological polar surface area (TPSA) is 101 Å². The molecule has 0 saturated carbocycles. The minimum atomic E-state index is -4.21. The molecule has 3 rings (SSSR count). The molecule has 0 aliphatic carbocycles. The van der Waals surface area contributed by atoms with Gasteiger partial charge in [-0.15, -0.1) is 0 Å². The lowest BCUT2D eigenvalue weighted by atomic mass is 10.1. The lowest BCUT2D eigenvalue weighted by molar-refractivity contribution is 0.104. The van der Waals surface area contributed by atoms with Gasteiger partial charge in [-0.2, -0.15) is 8.42 Å². The Kier molecular flexibility index (Phi) is 5.65. The van der Waals surface area contributed by atoms with E-state index in [-0.39, 0.29) is 33.5 Å². The first-order chi connectivity index (χ1) is 13.7. The van der Waals surface area contributed by atoms with Gasteiger partial charge in [-0.1, -0.05) is 18.2 Å². The summed E-state index contributed by atoms with van der Waals surface area (Å²) in [7, 11) is -4.21. The number of allylic oxidation sites excluding steroid dienone is 1. The second-order valence-corrected chi connectivity index (χ2v) is 7.51. The van der Waals surface area contributed by atoms with Crippen LogP contribution in [0.3, 0.4) is 0 Å². The zero-order valence-corrected chi connectivity index (χ0v) is 15.6. The van der Waals surface area contributed by atoms with Crippen molar-refractivity contribution in [3.8, 4) is 17.2 Å². The van der Waals surface area contributed by atoms with Gasteiger partial charge >= 0.3 is 10.1 Å². The second kappa shape index (κ2) is 8.15. The first-order valence-electron chi connectivity index (χ1n) is 8.29. The molecular formula is C21H15FO6S. The van der Waals surface area contributed by atoms with Crippen molar-refractivity contribution in [2.75, 3.05) is 0 Å². The Balaban J connectivity index is 1.71. The number of aromatic hydroxyl groups is 2. The van der Waals surface area contributed by atoms with Gasteiger partial charge in [0.1, 0.15) is 16.5 Å². The molecule has 8 heteroatoms. The van der Waals surface area contributed by atoms with Crippen LogP contribution in [-0.2, 0) is 10.1 Å². The summed E-state index contributed by atoms with van der Waals surface area (Å²) in [5, 5.41) is 18.7. The number of hydrogen-bond donors (Lipinski definition) is 2. The Hall–Kier alpha value is -3.65. The molecule has 2 N–H and O–H groups in total. The average molecular weight is 414 g/mol. The Morgan fingerprint density at radius 2 is 1.66 bits per heavy atom. The number of rotatable bonds is 6. The van der Waals surface area contributed by atoms with Crippen LogP contribution < -0.4 is 4.18 Å². The van der Waals surface area contributed by atoms with Gasteiger partial charge in [-0.05, 0) is 66.2 Å². The van der Waals surface area contributed by atoms with Crippen LogP contribution in [0.4, 0.5) is 4.39 Å². The molecule has 0 saturated heterocycles. The number of hydrogen-bond acceptors (Lipinski definition) is 6. The summed E-state index contributed by atoms with van der Waals surface area (Å²) in [6, 6.07) is 13.9. The summed E-state index contributed by atoms with van der Waals surface area (Å²) < 4.78 is 42.5. The molecule has 0 aliphatic heterocycles. The first-order valence-corrected chi connectivity index (χ1v) is 9.70. The number of ketones is 1. The maximum atomic E-state index is 13.2. The quantitative estimate of drug-likeness (QED) is 0.275. The molecule has 0 aromatic heterocycles. The Morgan fingerprint density at radius 1 is 0.931 bits per heavy atom. The fourth-order valence-electron chi connectivity index (χ4n) is 2.38. The lowest BCUT2D eigenvalue weighted by Crippen LogP contribution is -2.10. The van der Waals surface area contributed by atoms with Gasteiger partial charge in [0, 0.05) is 5.56 Å². The molecule has 6 nitrogen and oxygen atoms in total. The predicted molar refractivity (Wildman–Crippen MR) is 104 cm³/mol. The van der Waals surface area contributed by atoms with Crippen molar-refractivity contribution >= 4 is 22.0 Å². The third kappa shape index (κ3) is 4.99. The lowest BCUT2D eigenvalue weighted by Gasteiger charge is -2.07. The Labute approximate surface area is 166 Å². The van der Waals surface area contributed by atoms with E-state index < -0.39 is 15.9 Å². The normalized spacial score (nSPS) is 11.5. The molecule has 0 radical (unpaired) electrons. The molecule has 0 fully saturated rings. The second-order valence-electron chi connectivity index (χ2n) is 5.96.